The first-order chi connectivity index (χ1) is 9.22. The van der Waals surface area contributed by atoms with E-state index in [4.69, 9.17) is 4.74 Å². The monoisotopic (exact) mass is 259 g/mol. The van der Waals surface area contributed by atoms with E-state index in [-0.39, 0.29) is 0 Å². The first kappa shape index (κ1) is 13.0. The Morgan fingerprint density at radius 3 is 2.16 bits per heavy atom. The number of benzene rings is 1. The molecular formula is C17H25NO. The minimum atomic E-state index is 0.777. The van der Waals surface area contributed by atoms with Crippen molar-refractivity contribution in [2.24, 2.45) is 11.8 Å². The predicted molar refractivity (Wildman–Crippen MR) is 78.6 cm³/mol. The summed E-state index contributed by atoms with van der Waals surface area (Å²) in [5, 5.41) is 3.72. The van der Waals surface area contributed by atoms with Gasteiger partial charge in [0.25, 0.3) is 0 Å². The molecule has 2 aliphatic rings. The maximum absolute atomic E-state index is 5.86. The quantitative estimate of drug-likeness (QED) is 0.757. The molecule has 0 amide bonds. The summed E-state index contributed by atoms with van der Waals surface area (Å²) in [6.07, 6.45) is 5.75. The Bertz CT molecular complexity index is 403. The van der Waals surface area contributed by atoms with Gasteiger partial charge in [0.2, 0.25) is 0 Å². The van der Waals surface area contributed by atoms with Crippen molar-refractivity contribution < 1.29 is 4.74 Å². The van der Waals surface area contributed by atoms with E-state index in [0.717, 1.165) is 36.8 Å². The minimum Gasteiger partial charge on any atom is -0.492 e. The topological polar surface area (TPSA) is 21.3 Å². The van der Waals surface area contributed by atoms with Crippen molar-refractivity contribution in [1.82, 2.24) is 5.32 Å². The molecule has 0 radical (unpaired) electrons. The second-order valence-electron chi connectivity index (χ2n) is 6.33. The zero-order chi connectivity index (χ0) is 13.2. The number of rotatable bonds is 7. The van der Waals surface area contributed by atoms with E-state index in [1.807, 2.05) is 0 Å². The summed E-state index contributed by atoms with van der Waals surface area (Å²) in [6, 6.07) is 7.20. The van der Waals surface area contributed by atoms with Gasteiger partial charge in [0.05, 0.1) is 0 Å². The molecule has 104 valence electrons. The zero-order valence-electron chi connectivity index (χ0n) is 12.1. The van der Waals surface area contributed by atoms with Gasteiger partial charge in [-0.25, -0.2) is 0 Å². The summed E-state index contributed by atoms with van der Waals surface area (Å²) in [5.41, 5.74) is 2.55. The van der Waals surface area contributed by atoms with Crippen LogP contribution < -0.4 is 10.1 Å². The smallest absolute Gasteiger partial charge is 0.119 e. The fraction of sp³-hybridized carbons (Fsp3) is 0.647. The Morgan fingerprint density at radius 1 is 1.05 bits per heavy atom. The zero-order valence-corrected chi connectivity index (χ0v) is 12.1. The van der Waals surface area contributed by atoms with Gasteiger partial charge >= 0.3 is 0 Å². The van der Waals surface area contributed by atoms with Crippen LogP contribution in [0.3, 0.4) is 0 Å². The van der Waals surface area contributed by atoms with Gasteiger partial charge in [-0.3, -0.25) is 0 Å². The molecule has 0 atom stereocenters. The number of hydrogen-bond donors (Lipinski definition) is 1. The van der Waals surface area contributed by atoms with Crippen LogP contribution >= 0.6 is 0 Å². The molecule has 0 heterocycles. The molecule has 0 unspecified atom stereocenters. The molecule has 1 aromatic carbocycles. The van der Waals surface area contributed by atoms with Crippen molar-refractivity contribution in [1.29, 1.82) is 0 Å². The maximum Gasteiger partial charge on any atom is 0.119 e. The van der Waals surface area contributed by atoms with Crippen LogP contribution in [0.15, 0.2) is 18.2 Å². The molecular weight excluding hydrogens is 234 g/mol. The largest absolute Gasteiger partial charge is 0.492 e. The number of ether oxygens (including phenoxy) is 1. The van der Waals surface area contributed by atoms with Crippen LogP contribution in [0.5, 0.6) is 5.75 Å². The minimum absolute atomic E-state index is 0.777. The van der Waals surface area contributed by atoms with Crippen molar-refractivity contribution >= 4 is 0 Å². The Morgan fingerprint density at radius 2 is 1.63 bits per heavy atom. The molecule has 3 rings (SSSR count). The lowest BCUT2D eigenvalue weighted by Crippen LogP contribution is -2.36. The standard InChI is InChI=1S/C17H25NO/c1-12-9-13(2)11-16(10-12)19-8-7-18-17(14-3-4-14)15-5-6-15/h9-11,14-15,17-18H,3-8H2,1-2H3. The van der Waals surface area contributed by atoms with Crippen molar-refractivity contribution in [2.75, 3.05) is 13.2 Å². The van der Waals surface area contributed by atoms with E-state index in [9.17, 15) is 0 Å². The van der Waals surface area contributed by atoms with Crippen LogP contribution in [0.4, 0.5) is 0 Å². The van der Waals surface area contributed by atoms with E-state index in [0.29, 0.717) is 0 Å². The molecule has 2 nitrogen and oxygen atoms in total. The second kappa shape index (κ2) is 5.54. The van der Waals surface area contributed by atoms with E-state index < -0.39 is 0 Å². The van der Waals surface area contributed by atoms with Gasteiger partial charge < -0.3 is 10.1 Å². The molecule has 0 aliphatic heterocycles. The summed E-state index contributed by atoms with van der Waals surface area (Å²) in [6.45, 7) is 5.99. The first-order valence-electron chi connectivity index (χ1n) is 7.67. The lowest BCUT2D eigenvalue weighted by molar-refractivity contribution is 0.293. The summed E-state index contributed by atoms with van der Waals surface area (Å²) in [7, 11) is 0. The van der Waals surface area contributed by atoms with Gasteiger partial charge in [-0.2, -0.15) is 0 Å². The average Bonchev–Trinajstić information content (AvgIpc) is 3.22. The molecule has 2 saturated carbocycles. The summed E-state index contributed by atoms with van der Waals surface area (Å²) >= 11 is 0. The highest BCUT2D eigenvalue weighted by Crippen LogP contribution is 2.44. The van der Waals surface area contributed by atoms with Gasteiger partial charge in [-0.15, -0.1) is 0 Å². The van der Waals surface area contributed by atoms with Crippen molar-refractivity contribution in [3.63, 3.8) is 0 Å². The molecule has 19 heavy (non-hydrogen) atoms. The molecule has 1 aromatic rings. The van der Waals surface area contributed by atoms with Crippen LogP contribution in [-0.4, -0.2) is 19.2 Å². The summed E-state index contributed by atoms with van der Waals surface area (Å²) in [4.78, 5) is 0. The Hall–Kier alpha value is -1.02. The second-order valence-corrected chi connectivity index (χ2v) is 6.33. The fourth-order valence-corrected chi connectivity index (χ4v) is 3.04. The van der Waals surface area contributed by atoms with E-state index in [2.05, 4.69) is 37.4 Å². The summed E-state index contributed by atoms with van der Waals surface area (Å²) < 4.78 is 5.86. The van der Waals surface area contributed by atoms with E-state index >= 15 is 0 Å². The average molecular weight is 259 g/mol. The third-order valence-electron chi connectivity index (χ3n) is 4.21. The third-order valence-corrected chi connectivity index (χ3v) is 4.21. The molecule has 0 bridgehead atoms. The fourth-order valence-electron chi connectivity index (χ4n) is 3.04. The highest BCUT2D eigenvalue weighted by Gasteiger charge is 2.40. The molecule has 0 aromatic heterocycles. The normalized spacial score (nSPS) is 18.9. The van der Waals surface area contributed by atoms with Crippen molar-refractivity contribution in [2.45, 2.75) is 45.6 Å². The lowest BCUT2D eigenvalue weighted by atomic mass is 10.1. The molecule has 2 aliphatic carbocycles. The van der Waals surface area contributed by atoms with Crippen LogP contribution in [0, 0.1) is 25.7 Å². The Labute approximate surface area is 116 Å². The molecule has 2 heteroatoms. The van der Waals surface area contributed by atoms with E-state index in [1.54, 1.807) is 0 Å². The van der Waals surface area contributed by atoms with Gasteiger partial charge in [0, 0.05) is 12.6 Å². The van der Waals surface area contributed by atoms with Gasteiger partial charge in [0.15, 0.2) is 0 Å². The SMILES string of the molecule is Cc1cc(C)cc(OCCNC(C2CC2)C2CC2)c1. The highest BCUT2D eigenvalue weighted by molar-refractivity contribution is 5.32. The Balaban J connectivity index is 1.42. The Kier molecular flexibility index (Phi) is 3.79. The van der Waals surface area contributed by atoms with Gasteiger partial charge in [-0.05, 0) is 74.6 Å². The van der Waals surface area contributed by atoms with Crippen LogP contribution in [-0.2, 0) is 0 Å². The van der Waals surface area contributed by atoms with Gasteiger partial charge in [-0.1, -0.05) is 6.07 Å². The molecule has 2 fully saturated rings. The van der Waals surface area contributed by atoms with E-state index in [1.165, 1.54) is 36.8 Å². The maximum atomic E-state index is 5.86. The van der Waals surface area contributed by atoms with Crippen LogP contribution in [0.25, 0.3) is 0 Å². The number of aryl methyl sites for hydroxylation is 2. The first-order valence-corrected chi connectivity index (χ1v) is 7.67. The highest BCUT2D eigenvalue weighted by atomic mass is 16.5. The molecule has 1 N–H and O–H groups in total. The third kappa shape index (κ3) is 3.73. The number of nitrogens with one attached hydrogen (secondary N) is 1. The lowest BCUT2D eigenvalue weighted by Gasteiger charge is -2.18. The summed E-state index contributed by atoms with van der Waals surface area (Å²) in [5.74, 6) is 2.94. The molecule has 0 spiro atoms. The van der Waals surface area contributed by atoms with Crippen molar-refractivity contribution in [3.8, 4) is 5.75 Å². The number of hydrogen-bond acceptors (Lipinski definition) is 2. The van der Waals surface area contributed by atoms with Crippen LogP contribution in [0.1, 0.15) is 36.8 Å². The van der Waals surface area contributed by atoms with Gasteiger partial charge in [0.1, 0.15) is 12.4 Å². The predicted octanol–water partition coefficient (Wildman–Crippen LogP) is 3.46. The van der Waals surface area contributed by atoms with Crippen LogP contribution in [0.2, 0.25) is 0 Å². The van der Waals surface area contributed by atoms with Crippen molar-refractivity contribution in [3.05, 3.63) is 29.3 Å². The molecule has 0 saturated heterocycles.